The Balaban J connectivity index is 2.72. The maximum absolute atomic E-state index is 11.0. The maximum Gasteiger partial charge on any atom is 0.333 e. The van der Waals surface area contributed by atoms with Crippen LogP contribution < -0.4 is 0 Å². The van der Waals surface area contributed by atoms with Crippen molar-refractivity contribution in [2.75, 3.05) is 0 Å². The molecule has 0 saturated heterocycles. The van der Waals surface area contributed by atoms with Crippen molar-refractivity contribution in [1.29, 1.82) is 0 Å². The number of hydrogen-bond donors (Lipinski definition) is 0. The summed E-state index contributed by atoms with van der Waals surface area (Å²) in [5.74, 6) is -0.295. The van der Waals surface area contributed by atoms with Gasteiger partial charge in [-0.05, 0) is 25.1 Å². The summed E-state index contributed by atoms with van der Waals surface area (Å²) in [5.41, 5.74) is 0.866. The van der Waals surface area contributed by atoms with Crippen molar-refractivity contribution in [3.8, 4) is 0 Å². The molecule has 0 aliphatic carbocycles. The van der Waals surface area contributed by atoms with Crippen LogP contribution in [0.5, 0.6) is 0 Å². The lowest BCUT2D eigenvalue weighted by Crippen LogP contribution is -2.44. The molecule has 0 saturated carbocycles. The molecule has 1 rings (SSSR count). The van der Waals surface area contributed by atoms with Crippen LogP contribution in [0.15, 0.2) is 11.6 Å². The molecule has 0 fully saturated rings. The van der Waals surface area contributed by atoms with Gasteiger partial charge in [0.25, 0.3) is 0 Å². The summed E-state index contributed by atoms with van der Waals surface area (Å²) in [6.45, 7) is 12.6. The van der Waals surface area contributed by atoms with Crippen molar-refractivity contribution in [3.63, 3.8) is 0 Å². The van der Waals surface area contributed by atoms with Gasteiger partial charge in [0.1, 0.15) is 0 Å². The molecule has 0 amide bonds. The zero-order valence-electron chi connectivity index (χ0n) is 10.4. The molecule has 3 nitrogen and oxygen atoms in total. The van der Waals surface area contributed by atoms with Gasteiger partial charge >= 0.3 is 5.97 Å². The Labute approximate surface area is 92.6 Å². The third-order valence-corrected chi connectivity index (χ3v) is 7.56. The molecule has 1 heterocycles. The van der Waals surface area contributed by atoms with E-state index in [9.17, 15) is 4.79 Å². The Morgan fingerprint density at radius 1 is 1.40 bits per heavy atom. The van der Waals surface area contributed by atoms with E-state index in [1.807, 2.05) is 6.92 Å². The zero-order valence-corrected chi connectivity index (χ0v) is 11.4. The lowest BCUT2D eigenvalue weighted by Gasteiger charge is -2.37. The average molecular weight is 228 g/mol. The number of esters is 1. The first kappa shape index (κ1) is 12.5. The second-order valence-corrected chi connectivity index (χ2v) is 10.3. The van der Waals surface area contributed by atoms with Crippen LogP contribution in [0.25, 0.3) is 0 Å². The molecular formula is C11H20O3Si. The van der Waals surface area contributed by atoms with E-state index in [1.165, 1.54) is 6.08 Å². The molecule has 0 aromatic rings. The number of rotatable bonds is 2. The van der Waals surface area contributed by atoms with Crippen LogP contribution in [-0.4, -0.2) is 20.6 Å². The van der Waals surface area contributed by atoms with Gasteiger partial charge in [-0.15, -0.1) is 0 Å². The number of carbonyl (C=O) groups is 1. The second kappa shape index (κ2) is 3.76. The molecule has 0 spiro atoms. The molecule has 15 heavy (non-hydrogen) atoms. The first-order valence-corrected chi connectivity index (χ1v) is 8.11. The van der Waals surface area contributed by atoms with E-state index in [1.54, 1.807) is 0 Å². The van der Waals surface area contributed by atoms with Gasteiger partial charge in [-0.1, -0.05) is 20.8 Å². The summed E-state index contributed by atoms with van der Waals surface area (Å²) < 4.78 is 11.1. The van der Waals surface area contributed by atoms with Gasteiger partial charge in [0.05, 0.1) is 0 Å². The van der Waals surface area contributed by atoms with Gasteiger partial charge < -0.3 is 9.16 Å². The van der Waals surface area contributed by atoms with E-state index >= 15 is 0 Å². The molecule has 0 bridgehead atoms. The summed E-state index contributed by atoms with van der Waals surface area (Å²) >= 11 is 0. The van der Waals surface area contributed by atoms with Crippen molar-refractivity contribution in [2.24, 2.45) is 0 Å². The minimum Gasteiger partial charge on any atom is -0.429 e. The first-order chi connectivity index (χ1) is 6.63. The Kier molecular flexibility index (Phi) is 3.12. The Hall–Kier alpha value is -0.613. The summed E-state index contributed by atoms with van der Waals surface area (Å²) in [6, 6.07) is 0. The van der Waals surface area contributed by atoms with Crippen molar-refractivity contribution in [3.05, 3.63) is 11.6 Å². The SMILES string of the molecule is CC1=CC(=O)OC1O[Si](C)(C)C(C)(C)C. The van der Waals surface area contributed by atoms with E-state index in [2.05, 4.69) is 33.9 Å². The largest absolute Gasteiger partial charge is 0.429 e. The minimum absolute atomic E-state index is 0.127. The van der Waals surface area contributed by atoms with Crippen LogP contribution in [0.4, 0.5) is 0 Å². The second-order valence-electron chi connectivity index (χ2n) is 5.54. The topological polar surface area (TPSA) is 35.5 Å². The number of cyclic esters (lactones) is 1. The highest BCUT2D eigenvalue weighted by Gasteiger charge is 2.41. The molecule has 0 aromatic carbocycles. The standard InChI is InChI=1S/C11H20O3Si/c1-8-7-9(12)13-10(8)14-15(5,6)11(2,3)4/h7,10H,1-6H3. The van der Waals surface area contributed by atoms with E-state index in [4.69, 9.17) is 9.16 Å². The van der Waals surface area contributed by atoms with Crippen LogP contribution in [-0.2, 0) is 14.0 Å². The van der Waals surface area contributed by atoms with E-state index in [-0.39, 0.29) is 11.0 Å². The maximum atomic E-state index is 11.0. The lowest BCUT2D eigenvalue weighted by molar-refractivity contribution is -0.149. The monoisotopic (exact) mass is 228 g/mol. The van der Waals surface area contributed by atoms with Crippen molar-refractivity contribution in [2.45, 2.75) is 52.1 Å². The molecule has 1 aliphatic heterocycles. The molecule has 1 atom stereocenters. The van der Waals surface area contributed by atoms with Crippen molar-refractivity contribution in [1.82, 2.24) is 0 Å². The number of ether oxygens (including phenoxy) is 1. The third-order valence-electron chi connectivity index (χ3n) is 3.15. The van der Waals surface area contributed by atoms with Crippen LogP contribution in [0.3, 0.4) is 0 Å². The minimum atomic E-state index is -1.86. The van der Waals surface area contributed by atoms with E-state index in [0.29, 0.717) is 0 Å². The van der Waals surface area contributed by atoms with Crippen LogP contribution in [0, 0.1) is 0 Å². The van der Waals surface area contributed by atoms with Gasteiger partial charge in [-0.3, -0.25) is 0 Å². The van der Waals surface area contributed by atoms with Crippen LogP contribution in [0.2, 0.25) is 18.1 Å². The highest BCUT2D eigenvalue weighted by molar-refractivity contribution is 6.74. The van der Waals surface area contributed by atoms with Gasteiger partial charge in [0.15, 0.2) is 8.32 Å². The van der Waals surface area contributed by atoms with Gasteiger partial charge in [-0.25, -0.2) is 4.79 Å². The molecular weight excluding hydrogens is 208 g/mol. The molecule has 0 N–H and O–H groups in total. The van der Waals surface area contributed by atoms with Gasteiger partial charge in [0.2, 0.25) is 6.29 Å². The third kappa shape index (κ3) is 2.69. The molecule has 1 unspecified atom stereocenters. The average Bonchev–Trinajstić information content (AvgIpc) is 2.26. The Bertz CT molecular complexity index is 299. The quantitative estimate of drug-likeness (QED) is 0.538. The summed E-state index contributed by atoms with van der Waals surface area (Å²) in [7, 11) is -1.86. The Morgan fingerprint density at radius 2 is 1.93 bits per heavy atom. The summed E-state index contributed by atoms with van der Waals surface area (Å²) in [5, 5.41) is 0.127. The number of carbonyl (C=O) groups excluding carboxylic acids is 1. The highest BCUT2D eigenvalue weighted by Crippen LogP contribution is 2.38. The van der Waals surface area contributed by atoms with Crippen molar-refractivity contribution < 1.29 is 14.0 Å². The van der Waals surface area contributed by atoms with Crippen LogP contribution >= 0.6 is 0 Å². The fraction of sp³-hybridized carbons (Fsp3) is 0.727. The molecule has 1 aliphatic rings. The summed E-state index contributed by atoms with van der Waals surface area (Å²) in [4.78, 5) is 11.0. The van der Waals surface area contributed by atoms with Gasteiger partial charge in [-0.2, -0.15) is 0 Å². The predicted octanol–water partition coefficient (Wildman–Crippen LogP) is 2.84. The highest BCUT2D eigenvalue weighted by atomic mass is 28.4. The first-order valence-electron chi connectivity index (χ1n) is 5.20. The van der Waals surface area contributed by atoms with Crippen LogP contribution in [0.1, 0.15) is 27.7 Å². The predicted molar refractivity (Wildman–Crippen MR) is 61.9 cm³/mol. The number of hydrogen-bond acceptors (Lipinski definition) is 3. The zero-order chi connectivity index (χ0) is 11.9. The molecule has 86 valence electrons. The normalized spacial score (nSPS) is 22.7. The molecule has 4 heteroatoms. The van der Waals surface area contributed by atoms with E-state index in [0.717, 1.165) is 5.57 Å². The fourth-order valence-electron chi connectivity index (χ4n) is 1.05. The molecule has 0 radical (unpaired) electrons. The molecule has 0 aromatic heterocycles. The van der Waals surface area contributed by atoms with Crippen molar-refractivity contribution >= 4 is 14.3 Å². The lowest BCUT2D eigenvalue weighted by atomic mass is 10.2. The Morgan fingerprint density at radius 3 is 2.27 bits per heavy atom. The smallest absolute Gasteiger partial charge is 0.333 e. The summed E-state index contributed by atoms with van der Waals surface area (Å²) in [6.07, 6.45) is 1.04. The fourth-order valence-corrected chi connectivity index (χ4v) is 2.17. The van der Waals surface area contributed by atoms with Gasteiger partial charge in [0, 0.05) is 11.6 Å². The van der Waals surface area contributed by atoms with E-state index < -0.39 is 14.6 Å².